The quantitative estimate of drug-likeness (QED) is 0.757. The lowest BCUT2D eigenvalue weighted by molar-refractivity contribution is -0.131. The maximum Gasteiger partial charge on any atom is 0.241 e. The zero-order valence-electron chi connectivity index (χ0n) is 10.3. The first-order chi connectivity index (χ1) is 7.91. The lowest BCUT2D eigenvalue weighted by atomic mass is 10.0. The molecular formula is C11H20N2O3S. The first-order valence-electron chi connectivity index (χ1n) is 6.15. The largest absolute Gasteiger partial charge is 0.325 e. The van der Waals surface area contributed by atoms with Gasteiger partial charge < -0.3 is 4.90 Å². The van der Waals surface area contributed by atoms with E-state index < -0.39 is 9.84 Å². The number of nitrogens with one attached hydrogen (secondary N) is 1. The maximum atomic E-state index is 12.1. The minimum atomic E-state index is -2.95. The molecule has 0 aliphatic carbocycles. The van der Waals surface area contributed by atoms with Crippen LogP contribution in [0.15, 0.2) is 0 Å². The number of carbonyl (C=O) groups excluding carboxylic acids is 1. The fourth-order valence-electron chi connectivity index (χ4n) is 2.61. The van der Waals surface area contributed by atoms with Gasteiger partial charge in [0.05, 0.1) is 24.2 Å². The molecule has 1 amide bonds. The predicted molar refractivity (Wildman–Crippen MR) is 65.2 cm³/mol. The molecule has 17 heavy (non-hydrogen) atoms. The summed E-state index contributed by atoms with van der Waals surface area (Å²) in [5, 5.41) is 3.16. The Labute approximate surface area is 102 Å². The Balaban J connectivity index is 2.07. The van der Waals surface area contributed by atoms with E-state index in [1.165, 1.54) is 0 Å². The molecule has 0 aromatic rings. The van der Waals surface area contributed by atoms with Crippen molar-refractivity contribution in [2.75, 3.05) is 18.2 Å². The van der Waals surface area contributed by atoms with Crippen LogP contribution in [0.5, 0.6) is 0 Å². The summed E-state index contributed by atoms with van der Waals surface area (Å²) in [6, 6.07) is -0.280. The molecule has 2 heterocycles. The van der Waals surface area contributed by atoms with Crippen molar-refractivity contribution in [1.29, 1.82) is 0 Å². The fourth-order valence-corrected chi connectivity index (χ4v) is 4.32. The van der Waals surface area contributed by atoms with E-state index >= 15 is 0 Å². The fraction of sp³-hybridized carbons (Fsp3) is 0.909. The van der Waals surface area contributed by atoms with Gasteiger partial charge in [0.15, 0.2) is 9.84 Å². The van der Waals surface area contributed by atoms with Gasteiger partial charge in [-0.15, -0.1) is 0 Å². The second-order valence-electron chi connectivity index (χ2n) is 5.30. The van der Waals surface area contributed by atoms with Gasteiger partial charge in [0, 0.05) is 6.04 Å². The molecule has 0 aromatic carbocycles. The van der Waals surface area contributed by atoms with Crippen molar-refractivity contribution in [3.05, 3.63) is 0 Å². The average Bonchev–Trinajstić information content (AvgIpc) is 2.58. The Kier molecular flexibility index (Phi) is 3.45. The summed E-state index contributed by atoms with van der Waals surface area (Å²) in [5.41, 5.74) is 0. The van der Waals surface area contributed by atoms with E-state index in [1.807, 2.05) is 13.8 Å². The van der Waals surface area contributed by atoms with Crippen LogP contribution < -0.4 is 5.32 Å². The molecule has 2 aliphatic heterocycles. The van der Waals surface area contributed by atoms with Crippen LogP contribution in [-0.4, -0.2) is 49.5 Å². The van der Waals surface area contributed by atoms with Crippen LogP contribution in [0.3, 0.4) is 0 Å². The molecule has 98 valence electrons. The highest BCUT2D eigenvalue weighted by Crippen LogP contribution is 2.22. The molecule has 2 unspecified atom stereocenters. The van der Waals surface area contributed by atoms with Crippen LogP contribution in [0, 0.1) is 5.92 Å². The summed E-state index contributed by atoms with van der Waals surface area (Å²) in [6.07, 6.45) is 1.47. The average molecular weight is 260 g/mol. The highest BCUT2D eigenvalue weighted by molar-refractivity contribution is 7.91. The summed E-state index contributed by atoms with van der Waals surface area (Å²) in [5.74, 6) is 0.701. The van der Waals surface area contributed by atoms with E-state index in [2.05, 4.69) is 5.32 Å². The zero-order valence-corrected chi connectivity index (χ0v) is 11.2. The zero-order chi connectivity index (χ0) is 12.6. The van der Waals surface area contributed by atoms with Crippen LogP contribution in [0.25, 0.3) is 0 Å². The second-order valence-corrected chi connectivity index (χ2v) is 7.53. The number of nitrogens with zero attached hydrogens (tertiary/aromatic N) is 1. The molecule has 0 radical (unpaired) electrons. The first kappa shape index (κ1) is 12.8. The van der Waals surface area contributed by atoms with Crippen LogP contribution >= 0.6 is 0 Å². The van der Waals surface area contributed by atoms with Crippen molar-refractivity contribution in [3.8, 4) is 0 Å². The lowest BCUT2D eigenvalue weighted by Crippen LogP contribution is -2.46. The van der Waals surface area contributed by atoms with Gasteiger partial charge in [-0.05, 0) is 18.8 Å². The molecule has 6 heteroatoms. The van der Waals surface area contributed by atoms with E-state index in [-0.39, 0.29) is 35.4 Å². The molecule has 2 fully saturated rings. The van der Waals surface area contributed by atoms with Crippen LogP contribution in [0.2, 0.25) is 0 Å². The van der Waals surface area contributed by atoms with Gasteiger partial charge in [-0.1, -0.05) is 13.8 Å². The Morgan fingerprint density at radius 2 is 2.12 bits per heavy atom. The summed E-state index contributed by atoms with van der Waals surface area (Å²) < 4.78 is 23.2. The first-order valence-corrected chi connectivity index (χ1v) is 7.97. The number of sulfone groups is 1. The molecule has 2 rings (SSSR count). The lowest BCUT2D eigenvalue weighted by Gasteiger charge is -2.30. The third-order valence-corrected chi connectivity index (χ3v) is 5.38. The Morgan fingerprint density at radius 3 is 2.65 bits per heavy atom. The maximum absolute atomic E-state index is 12.1. The molecule has 0 bridgehead atoms. The van der Waals surface area contributed by atoms with Gasteiger partial charge in [0.25, 0.3) is 0 Å². The molecule has 2 aliphatic rings. The second kappa shape index (κ2) is 4.57. The van der Waals surface area contributed by atoms with Crippen molar-refractivity contribution in [1.82, 2.24) is 10.2 Å². The molecule has 0 saturated carbocycles. The van der Waals surface area contributed by atoms with Crippen molar-refractivity contribution < 1.29 is 13.2 Å². The van der Waals surface area contributed by atoms with E-state index in [9.17, 15) is 13.2 Å². The number of amides is 1. The summed E-state index contributed by atoms with van der Waals surface area (Å²) in [6.45, 7) is 4.48. The van der Waals surface area contributed by atoms with E-state index in [0.717, 1.165) is 6.42 Å². The highest BCUT2D eigenvalue weighted by atomic mass is 32.2. The number of carbonyl (C=O) groups is 1. The molecule has 1 N–H and O–H groups in total. The monoisotopic (exact) mass is 260 g/mol. The Hall–Kier alpha value is -0.620. The van der Waals surface area contributed by atoms with Gasteiger partial charge in [0.1, 0.15) is 0 Å². The SMILES string of the molecule is CC(C)C1NCN(C2CCCS(=O)(=O)C2)C1=O. The third-order valence-electron chi connectivity index (χ3n) is 3.58. The summed E-state index contributed by atoms with van der Waals surface area (Å²) in [4.78, 5) is 13.8. The third kappa shape index (κ3) is 2.63. The summed E-state index contributed by atoms with van der Waals surface area (Å²) >= 11 is 0. The van der Waals surface area contributed by atoms with Gasteiger partial charge in [0.2, 0.25) is 5.91 Å². The van der Waals surface area contributed by atoms with E-state index in [1.54, 1.807) is 4.90 Å². The highest BCUT2D eigenvalue weighted by Gasteiger charge is 2.39. The van der Waals surface area contributed by atoms with Gasteiger partial charge in [-0.25, -0.2) is 8.42 Å². The predicted octanol–water partition coefficient (Wildman–Crippen LogP) is -0.0225. The van der Waals surface area contributed by atoms with Crippen LogP contribution in [0.4, 0.5) is 0 Å². The van der Waals surface area contributed by atoms with E-state index in [4.69, 9.17) is 0 Å². The summed E-state index contributed by atoms with van der Waals surface area (Å²) in [7, 11) is -2.95. The van der Waals surface area contributed by atoms with Gasteiger partial charge in [-0.2, -0.15) is 0 Å². The molecule has 2 atom stereocenters. The van der Waals surface area contributed by atoms with Crippen molar-refractivity contribution >= 4 is 15.7 Å². The molecule has 5 nitrogen and oxygen atoms in total. The number of hydrogen-bond donors (Lipinski definition) is 1. The minimum Gasteiger partial charge on any atom is -0.325 e. The van der Waals surface area contributed by atoms with Crippen LogP contribution in [-0.2, 0) is 14.6 Å². The van der Waals surface area contributed by atoms with E-state index in [0.29, 0.717) is 13.1 Å². The van der Waals surface area contributed by atoms with Crippen molar-refractivity contribution in [2.45, 2.75) is 38.8 Å². The molecule has 0 aromatic heterocycles. The van der Waals surface area contributed by atoms with Crippen molar-refractivity contribution in [3.63, 3.8) is 0 Å². The molecule has 0 spiro atoms. The van der Waals surface area contributed by atoms with Gasteiger partial charge in [-0.3, -0.25) is 10.1 Å². The standard InChI is InChI=1S/C11H20N2O3S/c1-8(2)10-11(14)13(7-12-10)9-4-3-5-17(15,16)6-9/h8-10,12H,3-7H2,1-2H3. The Bertz CT molecular complexity index is 405. The van der Waals surface area contributed by atoms with Crippen molar-refractivity contribution in [2.24, 2.45) is 5.92 Å². The number of rotatable bonds is 2. The van der Waals surface area contributed by atoms with Crippen LogP contribution in [0.1, 0.15) is 26.7 Å². The van der Waals surface area contributed by atoms with Gasteiger partial charge >= 0.3 is 0 Å². The number of hydrogen-bond acceptors (Lipinski definition) is 4. The normalized spacial score (nSPS) is 33.4. The molecular weight excluding hydrogens is 240 g/mol. The topological polar surface area (TPSA) is 66.5 Å². The Morgan fingerprint density at radius 1 is 1.41 bits per heavy atom. The molecule has 2 saturated heterocycles. The minimum absolute atomic E-state index is 0.0575. The smallest absolute Gasteiger partial charge is 0.241 e.